The van der Waals surface area contributed by atoms with Gasteiger partial charge in [-0.3, -0.25) is 0 Å². The molecule has 0 N–H and O–H groups in total. The van der Waals surface area contributed by atoms with Crippen LogP contribution in [-0.2, 0) is 9.16 Å². The summed E-state index contributed by atoms with van der Waals surface area (Å²) >= 11 is 0. The molecule has 30 heavy (non-hydrogen) atoms. The molecule has 6 nitrogen and oxygen atoms in total. The first kappa shape index (κ1) is 21.1. The standard InChI is InChI=1S/C23H22N2O4Si/c1-2-18-28-22(26)24-25-23(27)29-30(19-12-6-3-7-13-19,20-14-8-4-9-15-20)21-16-10-5-11-17-21/h3-17H,2,18H2,1H3. The number of rotatable bonds is 6. The zero-order chi connectivity index (χ0) is 21.2. The average Bonchev–Trinajstić information content (AvgIpc) is 2.81. The Labute approximate surface area is 176 Å². The van der Waals surface area contributed by atoms with Crippen molar-refractivity contribution in [3.63, 3.8) is 0 Å². The number of carbonyl (C=O) groups is 2. The summed E-state index contributed by atoms with van der Waals surface area (Å²) in [6, 6.07) is 28.8. The van der Waals surface area contributed by atoms with Crippen LogP contribution in [0.2, 0.25) is 0 Å². The number of hydrogen-bond acceptors (Lipinski definition) is 4. The van der Waals surface area contributed by atoms with Gasteiger partial charge in [0, 0.05) is 0 Å². The van der Waals surface area contributed by atoms with Gasteiger partial charge in [0.15, 0.2) is 0 Å². The number of nitrogens with zero attached hydrogens (tertiary/aromatic N) is 2. The fourth-order valence-electron chi connectivity index (χ4n) is 3.15. The van der Waals surface area contributed by atoms with Crippen LogP contribution in [0.1, 0.15) is 13.3 Å². The lowest BCUT2D eigenvalue weighted by molar-refractivity contribution is 0.154. The molecule has 0 unspecified atom stereocenters. The van der Waals surface area contributed by atoms with Crippen molar-refractivity contribution in [1.29, 1.82) is 0 Å². The van der Waals surface area contributed by atoms with Crippen LogP contribution >= 0.6 is 0 Å². The van der Waals surface area contributed by atoms with Crippen molar-refractivity contribution in [3.8, 4) is 0 Å². The van der Waals surface area contributed by atoms with Gasteiger partial charge in [0.1, 0.15) is 0 Å². The number of ether oxygens (including phenoxy) is 1. The van der Waals surface area contributed by atoms with Gasteiger partial charge in [0.2, 0.25) is 0 Å². The van der Waals surface area contributed by atoms with Crippen LogP contribution in [0.5, 0.6) is 0 Å². The van der Waals surface area contributed by atoms with E-state index in [1.165, 1.54) is 0 Å². The number of benzene rings is 3. The highest BCUT2D eigenvalue weighted by atomic mass is 28.4. The van der Waals surface area contributed by atoms with Crippen molar-refractivity contribution < 1.29 is 18.8 Å². The van der Waals surface area contributed by atoms with Crippen LogP contribution in [-0.4, -0.2) is 27.1 Å². The second-order valence-corrected chi connectivity index (χ2v) is 9.76. The Kier molecular flexibility index (Phi) is 7.23. The fourth-order valence-corrected chi connectivity index (χ4v) is 6.79. The largest absolute Gasteiger partial charge is 0.487 e. The molecule has 152 valence electrons. The van der Waals surface area contributed by atoms with E-state index in [-0.39, 0.29) is 6.61 Å². The van der Waals surface area contributed by atoms with Gasteiger partial charge in [-0.25, -0.2) is 9.59 Å². The third-order valence-corrected chi connectivity index (χ3v) is 8.34. The van der Waals surface area contributed by atoms with E-state index in [1.807, 2.05) is 97.9 Å². The summed E-state index contributed by atoms with van der Waals surface area (Å²) in [5.74, 6) is 0. The predicted molar refractivity (Wildman–Crippen MR) is 117 cm³/mol. The molecule has 2 amide bonds. The number of azo groups is 1. The number of carbonyl (C=O) groups excluding carboxylic acids is 2. The minimum absolute atomic E-state index is 0.212. The number of amides is 2. The van der Waals surface area contributed by atoms with Crippen LogP contribution in [0.15, 0.2) is 101 Å². The first-order valence-electron chi connectivity index (χ1n) is 9.65. The average molecular weight is 419 g/mol. The molecule has 0 aromatic heterocycles. The van der Waals surface area contributed by atoms with E-state index in [2.05, 4.69) is 10.2 Å². The van der Waals surface area contributed by atoms with Gasteiger partial charge >= 0.3 is 20.5 Å². The fraction of sp³-hybridized carbons (Fsp3) is 0.130. The van der Waals surface area contributed by atoms with E-state index in [9.17, 15) is 9.59 Å². The summed E-state index contributed by atoms with van der Waals surface area (Å²) in [6.45, 7) is 2.07. The molecule has 0 heterocycles. The molecule has 7 heteroatoms. The van der Waals surface area contributed by atoms with Gasteiger partial charge in [-0.05, 0) is 22.0 Å². The lowest BCUT2D eigenvalue weighted by atomic mass is 10.3. The summed E-state index contributed by atoms with van der Waals surface area (Å²) in [5, 5.41) is 9.42. The molecule has 0 spiro atoms. The summed E-state index contributed by atoms with van der Waals surface area (Å²) in [4.78, 5) is 24.3. The van der Waals surface area contributed by atoms with E-state index in [4.69, 9.17) is 9.16 Å². The van der Waals surface area contributed by atoms with Gasteiger partial charge in [-0.15, -0.1) is 0 Å². The summed E-state index contributed by atoms with van der Waals surface area (Å²) in [7, 11) is -3.24. The molecule has 3 aromatic carbocycles. The summed E-state index contributed by atoms with van der Waals surface area (Å²) in [5.41, 5.74) is 0. The van der Waals surface area contributed by atoms with Crippen LogP contribution in [0.3, 0.4) is 0 Å². The molecule has 0 saturated carbocycles. The number of hydrogen-bond donors (Lipinski definition) is 0. The minimum Gasteiger partial charge on any atom is -0.487 e. The molecular weight excluding hydrogens is 396 g/mol. The summed E-state index contributed by atoms with van der Waals surface area (Å²) < 4.78 is 10.9. The van der Waals surface area contributed by atoms with Crippen molar-refractivity contribution in [1.82, 2.24) is 0 Å². The molecule has 0 fully saturated rings. The molecule has 3 rings (SSSR count). The van der Waals surface area contributed by atoms with E-state index >= 15 is 0 Å². The Morgan fingerprint density at radius 3 is 1.50 bits per heavy atom. The lowest BCUT2D eigenvalue weighted by Crippen LogP contribution is -2.69. The maximum absolute atomic E-state index is 12.7. The monoisotopic (exact) mass is 418 g/mol. The second kappa shape index (κ2) is 10.3. The Hall–Kier alpha value is -3.58. The molecule has 3 aromatic rings. The third kappa shape index (κ3) is 4.87. The molecule has 0 aliphatic rings. The Bertz CT molecular complexity index is 899. The molecular formula is C23H22N2O4Si. The van der Waals surface area contributed by atoms with Gasteiger partial charge in [-0.2, -0.15) is 0 Å². The highest BCUT2D eigenvalue weighted by molar-refractivity contribution is 7.07. The summed E-state index contributed by atoms with van der Waals surface area (Å²) in [6.07, 6.45) is -1.20. The van der Waals surface area contributed by atoms with Crippen molar-refractivity contribution in [2.45, 2.75) is 13.3 Å². The molecule has 0 saturated heterocycles. The van der Waals surface area contributed by atoms with Crippen molar-refractivity contribution in [2.75, 3.05) is 6.61 Å². The van der Waals surface area contributed by atoms with Crippen LogP contribution in [0.4, 0.5) is 9.59 Å². The maximum Gasteiger partial charge on any atom is 0.452 e. The molecule has 0 aliphatic heterocycles. The van der Waals surface area contributed by atoms with E-state index < -0.39 is 20.5 Å². The zero-order valence-corrected chi connectivity index (χ0v) is 17.6. The van der Waals surface area contributed by atoms with Gasteiger partial charge in [-0.1, -0.05) is 108 Å². The van der Waals surface area contributed by atoms with E-state index in [0.29, 0.717) is 6.42 Å². The van der Waals surface area contributed by atoms with E-state index in [1.54, 1.807) is 0 Å². The highest BCUT2D eigenvalue weighted by Crippen LogP contribution is 2.11. The van der Waals surface area contributed by atoms with Gasteiger partial charge < -0.3 is 9.16 Å². The lowest BCUT2D eigenvalue weighted by Gasteiger charge is -2.31. The normalized spacial score (nSPS) is 11.2. The predicted octanol–water partition coefficient (Wildman–Crippen LogP) is 3.79. The molecule has 0 aliphatic carbocycles. The molecule has 0 radical (unpaired) electrons. The van der Waals surface area contributed by atoms with Crippen LogP contribution in [0, 0.1) is 0 Å². The van der Waals surface area contributed by atoms with Crippen molar-refractivity contribution >= 4 is 36.1 Å². The SMILES string of the molecule is CCCOC(=O)N=NC(=O)O[Si](c1ccccc1)(c1ccccc1)c1ccccc1. The first-order chi connectivity index (χ1) is 14.7. The maximum atomic E-state index is 12.7. The zero-order valence-electron chi connectivity index (χ0n) is 16.6. The second-order valence-electron chi connectivity index (χ2n) is 6.46. The quantitative estimate of drug-likeness (QED) is 0.347. The Balaban J connectivity index is 2.07. The smallest absolute Gasteiger partial charge is 0.452 e. The van der Waals surface area contributed by atoms with E-state index in [0.717, 1.165) is 15.6 Å². The van der Waals surface area contributed by atoms with Crippen molar-refractivity contribution in [2.24, 2.45) is 10.2 Å². The molecule has 0 bridgehead atoms. The highest BCUT2D eigenvalue weighted by Gasteiger charge is 2.45. The Morgan fingerprint density at radius 1 is 0.700 bits per heavy atom. The Morgan fingerprint density at radius 2 is 1.10 bits per heavy atom. The van der Waals surface area contributed by atoms with Gasteiger partial charge in [0.25, 0.3) is 0 Å². The van der Waals surface area contributed by atoms with Crippen LogP contribution < -0.4 is 15.6 Å². The van der Waals surface area contributed by atoms with Crippen molar-refractivity contribution in [3.05, 3.63) is 91.0 Å². The molecule has 0 atom stereocenters. The topological polar surface area (TPSA) is 77.3 Å². The van der Waals surface area contributed by atoms with Crippen LogP contribution in [0.25, 0.3) is 0 Å². The third-order valence-electron chi connectivity index (χ3n) is 4.42. The minimum atomic E-state index is -3.24. The first-order valence-corrected chi connectivity index (χ1v) is 11.6. The van der Waals surface area contributed by atoms with Gasteiger partial charge in [0.05, 0.1) is 6.61 Å².